The van der Waals surface area contributed by atoms with E-state index in [4.69, 9.17) is 0 Å². The maximum atomic E-state index is 12.9. The zero-order valence-electron chi connectivity index (χ0n) is 17.0. The van der Waals surface area contributed by atoms with Gasteiger partial charge in [-0.2, -0.15) is 0 Å². The summed E-state index contributed by atoms with van der Waals surface area (Å²) in [7, 11) is 0. The van der Waals surface area contributed by atoms with E-state index >= 15 is 0 Å². The first-order valence-electron chi connectivity index (χ1n) is 9.66. The number of carbonyl (C=O) groups excluding carboxylic acids is 1. The average Bonchev–Trinajstić information content (AvgIpc) is 3.04. The smallest absolute Gasteiger partial charge is 0.307 e. The lowest BCUT2D eigenvalue weighted by molar-refractivity contribution is -0.146. The molecule has 0 aliphatic heterocycles. The number of aryl methyl sites for hydroxylation is 1. The minimum absolute atomic E-state index is 0.272. The van der Waals surface area contributed by atoms with Crippen molar-refractivity contribution in [1.82, 2.24) is 4.98 Å². The third kappa shape index (κ3) is 4.65. The number of carboxylic acids is 1. The summed E-state index contributed by atoms with van der Waals surface area (Å²) in [6, 6.07) is 8.13. The van der Waals surface area contributed by atoms with Gasteiger partial charge in [0.2, 0.25) is 5.91 Å². The van der Waals surface area contributed by atoms with Crippen LogP contribution in [-0.2, 0) is 16.0 Å². The molecule has 0 saturated heterocycles. The number of anilines is 1. The number of allylic oxidation sites excluding steroid dienone is 3. The third-order valence-corrected chi connectivity index (χ3v) is 6.44. The van der Waals surface area contributed by atoms with Crippen molar-refractivity contribution in [2.45, 2.75) is 40.0 Å². The summed E-state index contributed by atoms with van der Waals surface area (Å²) in [5.41, 5.74) is 5.16. The normalized spacial score (nSPS) is 19.1. The first-order chi connectivity index (χ1) is 13.8. The highest BCUT2D eigenvalue weighted by molar-refractivity contribution is 7.16. The molecule has 3 rings (SSSR count). The van der Waals surface area contributed by atoms with Crippen molar-refractivity contribution < 1.29 is 14.7 Å². The van der Waals surface area contributed by atoms with Gasteiger partial charge in [0.25, 0.3) is 0 Å². The van der Waals surface area contributed by atoms with Crippen molar-refractivity contribution >= 4 is 28.3 Å². The van der Waals surface area contributed by atoms with Crippen molar-refractivity contribution in [2.24, 2.45) is 11.8 Å². The van der Waals surface area contributed by atoms with Crippen LogP contribution in [-0.4, -0.2) is 22.0 Å². The number of hydrogen-bond acceptors (Lipinski definition) is 4. The van der Waals surface area contributed by atoms with Gasteiger partial charge in [-0.1, -0.05) is 41.5 Å². The van der Waals surface area contributed by atoms with E-state index in [1.807, 2.05) is 51.1 Å². The Labute approximate surface area is 175 Å². The fourth-order valence-corrected chi connectivity index (χ4v) is 4.55. The van der Waals surface area contributed by atoms with Crippen LogP contribution in [0.3, 0.4) is 0 Å². The van der Waals surface area contributed by atoms with Crippen molar-refractivity contribution in [2.75, 3.05) is 5.32 Å². The fraction of sp³-hybridized carbons (Fsp3) is 0.348. The SMILES string of the molecule is C=CCc1ccc(-c2nc(NC(=O)C3CC(C)=C(C)CC3C(=O)O)sc2C)cc1. The number of benzene rings is 1. The van der Waals surface area contributed by atoms with Gasteiger partial charge in [0.15, 0.2) is 5.13 Å². The van der Waals surface area contributed by atoms with Gasteiger partial charge in [-0.05, 0) is 45.6 Å². The van der Waals surface area contributed by atoms with Crippen molar-refractivity contribution in [3.63, 3.8) is 0 Å². The van der Waals surface area contributed by atoms with Crippen molar-refractivity contribution in [1.29, 1.82) is 0 Å². The molecule has 0 radical (unpaired) electrons. The molecule has 0 bridgehead atoms. The Balaban J connectivity index is 1.78. The van der Waals surface area contributed by atoms with Gasteiger partial charge in [0.05, 0.1) is 17.5 Å². The zero-order chi connectivity index (χ0) is 21.1. The number of thiazole rings is 1. The highest BCUT2D eigenvalue weighted by Crippen LogP contribution is 2.36. The van der Waals surface area contributed by atoms with Crippen LogP contribution in [0, 0.1) is 18.8 Å². The summed E-state index contributed by atoms with van der Waals surface area (Å²) in [6.45, 7) is 9.63. The average molecular weight is 411 g/mol. The summed E-state index contributed by atoms with van der Waals surface area (Å²) in [5.74, 6) is -2.47. The molecule has 2 N–H and O–H groups in total. The van der Waals surface area contributed by atoms with E-state index in [0.717, 1.165) is 33.7 Å². The van der Waals surface area contributed by atoms with Crippen LogP contribution < -0.4 is 5.32 Å². The lowest BCUT2D eigenvalue weighted by atomic mass is 9.76. The van der Waals surface area contributed by atoms with Gasteiger partial charge in [-0.3, -0.25) is 9.59 Å². The molecule has 1 aliphatic rings. The molecule has 2 atom stereocenters. The van der Waals surface area contributed by atoms with Gasteiger partial charge in [-0.15, -0.1) is 17.9 Å². The summed E-state index contributed by atoms with van der Waals surface area (Å²) in [6.07, 6.45) is 3.57. The molecule has 0 fully saturated rings. The Morgan fingerprint density at radius 3 is 2.38 bits per heavy atom. The lowest BCUT2D eigenvalue weighted by Crippen LogP contribution is -2.36. The first-order valence-corrected chi connectivity index (χ1v) is 10.5. The highest BCUT2D eigenvalue weighted by Gasteiger charge is 2.37. The Morgan fingerprint density at radius 2 is 1.79 bits per heavy atom. The van der Waals surface area contributed by atoms with E-state index in [0.29, 0.717) is 18.0 Å². The van der Waals surface area contributed by atoms with Crippen LogP contribution in [0.2, 0.25) is 0 Å². The number of carboxylic acid groups (broad SMARTS) is 1. The molecule has 152 valence electrons. The van der Waals surface area contributed by atoms with Crippen LogP contribution in [0.15, 0.2) is 48.1 Å². The van der Waals surface area contributed by atoms with E-state index in [-0.39, 0.29) is 5.91 Å². The molecular formula is C23H26N2O3S. The molecule has 1 aromatic carbocycles. The topological polar surface area (TPSA) is 79.3 Å². The molecule has 5 nitrogen and oxygen atoms in total. The minimum Gasteiger partial charge on any atom is -0.481 e. The number of aliphatic carboxylic acids is 1. The number of nitrogens with zero attached hydrogens (tertiary/aromatic N) is 1. The van der Waals surface area contributed by atoms with Gasteiger partial charge < -0.3 is 10.4 Å². The quantitative estimate of drug-likeness (QED) is 0.639. The largest absolute Gasteiger partial charge is 0.481 e. The van der Waals surface area contributed by atoms with Gasteiger partial charge >= 0.3 is 5.97 Å². The lowest BCUT2D eigenvalue weighted by Gasteiger charge is -2.29. The third-order valence-electron chi connectivity index (χ3n) is 5.55. The Kier molecular flexibility index (Phi) is 6.33. The fourth-order valence-electron chi connectivity index (χ4n) is 3.71. The highest BCUT2D eigenvalue weighted by atomic mass is 32.1. The first kappa shape index (κ1) is 21.0. The van der Waals surface area contributed by atoms with Crippen molar-refractivity contribution in [3.8, 4) is 11.3 Å². The molecule has 2 unspecified atom stereocenters. The van der Waals surface area contributed by atoms with Crippen LogP contribution in [0.4, 0.5) is 5.13 Å². The molecule has 1 heterocycles. The second-order valence-corrected chi connectivity index (χ2v) is 8.83. The molecule has 1 aliphatic carbocycles. The summed E-state index contributed by atoms with van der Waals surface area (Å²) in [4.78, 5) is 30.1. The van der Waals surface area contributed by atoms with Crippen LogP contribution >= 0.6 is 11.3 Å². The van der Waals surface area contributed by atoms with Gasteiger partial charge in [0.1, 0.15) is 0 Å². The number of nitrogens with one attached hydrogen (secondary N) is 1. The molecule has 0 saturated carbocycles. The second-order valence-electron chi connectivity index (χ2n) is 7.62. The monoisotopic (exact) mass is 410 g/mol. The van der Waals surface area contributed by atoms with Crippen LogP contribution in [0.1, 0.15) is 37.1 Å². The van der Waals surface area contributed by atoms with E-state index in [1.165, 1.54) is 16.9 Å². The van der Waals surface area contributed by atoms with E-state index in [9.17, 15) is 14.7 Å². The number of aromatic nitrogens is 1. The summed E-state index contributed by atoms with van der Waals surface area (Å²) < 4.78 is 0. The van der Waals surface area contributed by atoms with E-state index in [1.54, 1.807) is 0 Å². The van der Waals surface area contributed by atoms with Crippen LogP contribution in [0.25, 0.3) is 11.3 Å². The number of rotatable bonds is 6. The predicted octanol–water partition coefficient (Wildman–Crippen LogP) is 5.23. The van der Waals surface area contributed by atoms with E-state index in [2.05, 4.69) is 16.9 Å². The molecular weight excluding hydrogens is 384 g/mol. The number of hydrogen-bond donors (Lipinski definition) is 2. The Hall–Kier alpha value is -2.73. The summed E-state index contributed by atoms with van der Waals surface area (Å²) >= 11 is 1.41. The molecule has 6 heteroatoms. The number of carbonyl (C=O) groups is 2. The van der Waals surface area contributed by atoms with Gasteiger partial charge in [-0.25, -0.2) is 4.98 Å². The molecule has 2 aromatic rings. The molecule has 1 amide bonds. The standard InChI is InChI=1S/C23H26N2O3S/c1-5-6-16-7-9-17(10-8-16)20-15(4)29-23(24-20)25-21(26)18-11-13(2)14(3)12-19(18)22(27)28/h5,7-10,18-19H,1,6,11-12H2,2-4H3,(H,27,28)(H,24,25,26). The molecule has 0 spiro atoms. The Morgan fingerprint density at radius 1 is 1.17 bits per heavy atom. The van der Waals surface area contributed by atoms with Crippen LogP contribution in [0.5, 0.6) is 0 Å². The maximum Gasteiger partial charge on any atom is 0.307 e. The van der Waals surface area contributed by atoms with Gasteiger partial charge in [0, 0.05) is 10.4 Å². The molecule has 1 aromatic heterocycles. The van der Waals surface area contributed by atoms with Crippen molar-refractivity contribution in [3.05, 3.63) is 58.5 Å². The minimum atomic E-state index is -0.923. The second kappa shape index (κ2) is 8.74. The maximum absolute atomic E-state index is 12.9. The zero-order valence-corrected chi connectivity index (χ0v) is 17.8. The Bertz CT molecular complexity index is 973. The number of amides is 1. The molecule has 29 heavy (non-hydrogen) atoms. The predicted molar refractivity (Wildman–Crippen MR) is 117 cm³/mol. The van der Waals surface area contributed by atoms with E-state index < -0.39 is 17.8 Å². The summed E-state index contributed by atoms with van der Waals surface area (Å²) in [5, 5.41) is 12.9.